The van der Waals surface area contributed by atoms with Crippen LogP contribution in [0.25, 0.3) is 0 Å². The smallest absolute Gasteiger partial charge is 0.310 e. The number of methoxy groups -OCH3 is 1. The van der Waals surface area contributed by atoms with E-state index in [0.717, 1.165) is 5.69 Å². The van der Waals surface area contributed by atoms with E-state index >= 15 is 0 Å². The summed E-state index contributed by atoms with van der Waals surface area (Å²) in [5.41, 5.74) is 0.767. The summed E-state index contributed by atoms with van der Waals surface area (Å²) in [5, 5.41) is 13.6. The summed E-state index contributed by atoms with van der Waals surface area (Å²) in [7, 11) is 1.31. The van der Waals surface area contributed by atoms with E-state index in [-0.39, 0.29) is 24.0 Å². The number of rotatable bonds is 6. The molecule has 0 radical (unpaired) electrons. The number of esters is 1. The van der Waals surface area contributed by atoms with E-state index in [0.29, 0.717) is 19.6 Å². The lowest BCUT2D eigenvalue weighted by atomic mass is 10.1. The third kappa shape index (κ3) is 3.72. The number of likely N-dealkylation sites (tertiary alicyclic amines) is 1. The lowest BCUT2D eigenvalue weighted by Crippen LogP contribution is -2.31. The van der Waals surface area contributed by atoms with Crippen molar-refractivity contribution in [3.8, 4) is 0 Å². The third-order valence-electron chi connectivity index (χ3n) is 3.54. The largest absolute Gasteiger partial charge is 0.469 e. The Hall–Kier alpha value is -2.64. The van der Waals surface area contributed by atoms with Crippen LogP contribution in [-0.2, 0) is 14.3 Å². The van der Waals surface area contributed by atoms with Gasteiger partial charge in [-0.15, -0.1) is 0 Å². The molecule has 0 aliphatic carbocycles. The van der Waals surface area contributed by atoms with Crippen LogP contribution >= 0.6 is 0 Å². The van der Waals surface area contributed by atoms with Gasteiger partial charge in [-0.05, 0) is 12.1 Å². The van der Waals surface area contributed by atoms with Crippen molar-refractivity contribution in [3.63, 3.8) is 0 Å². The van der Waals surface area contributed by atoms with E-state index in [1.165, 1.54) is 19.2 Å². The van der Waals surface area contributed by atoms with Crippen LogP contribution in [0.1, 0.15) is 6.42 Å². The number of non-ortho nitro benzene ring substituents is 1. The summed E-state index contributed by atoms with van der Waals surface area (Å²) in [6.45, 7) is 1.33. The van der Waals surface area contributed by atoms with Gasteiger partial charge < -0.3 is 15.0 Å². The third-order valence-corrected chi connectivity index (χ3v) is 3.54. The second kappa shape index (κ2) is 6.88. The standard InChI is InChI=1S/C14H17N3O5/c1-22-14(19)10-8-13(18)16(9-10)7-6-15-11-2-4-12(5-3-11)17(20)21/h2-5,10,15H,6-9H2,1H3. The summed E-state index contributed by atoms with van der Waals surface area (Å²) in [5.74, 6) is -0.822. The summed E-state index contributed by atoms with van der Waals surface area (Å²) in [6.07, 6.45) is 0.185. The Kier molecular flexibility index (Phi) is 4.92. The molecule has 8 heteroatoms. The van der Waals surface area contributed by atoms with Gasteiger partial charge in [0.05, 0.1) is 18.0 Å². The molecule has 1 aromatic rings. The van der Waals surface area contributed by atoms with Crippen molar-refractivity contribution in [3.05, 3.63) is 34.4 Å². The van der Waals surface area contributed by atoms with Gasteiger partial charge in [0, 0.05) is 43.9 Å². The van der Waals surface area contributed by atoms with Gasteiger partial charge in [-0.25, -0.2) is 0 Å². The van der Waals surface area contributed by atoms with Gasteiger partial charge in [0.15, 0.2) is 0 Å². The molecule has 2 rings (SSSR count). The topological polar surface area (TPSA) is 102 Å². The highest BCUT2D eigenvalue weighted by molar-refractivity contribution is 5.86. The summed E-state index contributed by atoms with van der Waals surface area (Å²) in [4.78, 5) is 34.9. The van der Waals surface area contributed by atoms with Gasteiger partial charge in [-0.2, -0.15) is 0 Å². The van der Waals surface area contributed by atoms with E-state index in [9.17, 15) is 19.7 Å². The Morgan fingerprint density at radius 3 is 2.73 bits per heavy atom. The van der Waals surface area contributed by atoms with E-state index in [4.69, 9.17) is 0 Å². The normalized spacial score (nSPS) is 17.4. The minimum Gasteiger partial charge on any atom is -0.469 e. The Labute approximate surface area is 127 Å². The first kappa shape index (κ1) is 15.7. The first-order valence-corrected chi connectivity index (χ1v) is 6.85. The number of ether oxygens (including phenoxy) is 1. The lowest BCUT2D eigenvalue weighted by Gasteiger charge is -2.17. The van der Waals surface area contributed by atoms with E-state index < -0.39 is 10.8 Å². The van der Waals surface area contributed by atoms with Crippen LogP contribution in [0.2, 0.25) is 0 Å². The summed E-state index contributed by atoms with van der Waals surface area (Å²) >= 11 is 0. The fourth-order valence-electron chi connectivity index (χ4n) is 2.35. The first-order chi connectivity index (χ1) is 10.5. The van der Waals surface area contributed by atoms with Crippen molar-refractivity contribution in [1.29, 1.82) is 0 Å². The molecular formula is C14H17N3O5. The quantitative estimate of drug-likeness (QED) is 0.478. The number of nitro groups is 1. The van der Waals surface area contributed by atoms with Gasteiger partial charge in [-0.1, -0.05) is 0 Å². The number of nitrogens with zero attached hydrogens (tertiary/aromatic N) is 2. The second-order valence-electron chi connectivity index (χ2n) is 4.99. The number of anilines is 1. The number of hydrogen-bond acceptors (Lipinski definition) is 6. The number of carbonyl (C=O) groups is 2. The molecule has 1 aliphatic heterocycles. The van der Waals surface area contributed by atoms with Gasteiger partial charge in [0.2, 0.25) is 5.91 Å². The number of carbonyl (C=O) groups excluding carboxylic acids is 2. The molecular weight excluding hydrogens is 290 g/mol. The molecule has 1 atom stereocenters. The zero-order chi connectivity index (χ0) is 16.1. The highest BCUT2D eigenvalue weighted by atomic mass is 16.6. The van der Waals surface area contributed by atoms with Crippen LogP contribution in [0.3, 0.4) is 0 Å². The average molecular weight is 307 g/mol. The fourth-order valence-corrected chi connectivity index (χ4v) is 2.35. The fraction of sp³-hybridized carbons (Fsp3) is 0.429. The minimum absolute atomic E-state index is 0.0289. The van der Waals surface area contributed by atoms with Crippen molar-refractivity contribution in [2.45, 2.75) is 6.42 Å². The van der Waals surface area contributed by atoms with Gasteiger partial charge in [0.25, 0.3) is 5.69 Å². The molecule has 0 aromatic heterocycles. The number of amides is 1. The Balaban J connectivity index is 1.80. The highest BCUT2D eigenvalue weighted by Gasteiger charge is 2.34. The van der Waals surface area contributed by atoms with E-state index in [1.807, 2.05) is 0 Å². The van der Waals surface area contributed by atoms with Crippen molar-refractivity contribution < 1.29 is 19.2 Å². The van der Waals surface area contributed by atoms with Gasteiger partial charge in [0.1, 0.15) is 0 Å². The maximum Gasteiger partial charge on any atom is 0.310 e. The number of nitrogens with one attached hydrogen (secondary N) is 1. The molecule has 0 spiro atoms. The molecule has 1 heterocycles. The van der Waals surface area contributed by atoms with Crippen LogP contribution in [0.15, 0.2) is 24.3 Å². The van der Waals surface area contributed by atoms with Crippen LogP contribution < -0.4 is 5.32 Å². The molecule has 22 heavy (non-hydrogen) atoms. The number of benzene rings is 1. The van der Waals surface area contributed by atoms with E-state index in [2.05, 4.69) is 10.1 Å². The predicted octanol–water partition coefficient (Wildman–Crippen LogP) is 1.03. The van der Waals surface area contributed by atoms with Crippen LogP contribution in [0.4, 0.5) is 11.4 Å². The van der Waals surface area contributed by atoms with Crippen LogP contribution in [0, 0.1) is 16.0 Å². The summed E-state index contributed by atoms with van der Waals surface area (Å²) in [6, 6.07) is 6.05. The van der Waals surface area contributed by atoms with Crippen molar-refractivity contribution in [1.82, 2.24) is 4.90 Å². The molecule has 118 valence electrons. The minimum atomic E-state index is -0.459. The Morgan fingerprint density at radius 1 is 1.45 bits per heavy atom. The Morgan fingerprint density at radius 2 is 2.14 bits per heavy atom. The van der Waals surface area contributed by atoms with Crippen LogP contribution in [-0.4, -0.2) is 48.4 Å². The van der Waals surface area contributed by atoms with Crippen LogP contribution in [0.5, 0.6) is 0 Å². The van der Waals surface area contributed by atoms with Crippen molar-refractivity contribution >= 4 is 23.3 Å². The molecule has 0 saturated carbocycles. The van der Waals surface area contributed by atoms with Crippen molar-refractivity contribution in [2.75, 3.05) is 32.1 Å². The molecule has 1 aromatic carbocycles. The average Bonchev–Trinajstić information content (AvgIpc) is 2.88. The molecule has 0 bridgehead atoms. The molecule has 1 unspecified atom stereocenters. The zero-order valence-electron chi connectivity index (χ0n) is 12.2. The zero-order valence-corrected chi connectivity index (χ0v) is 12.2. The lowest BCUT2D eigenvalue weighted by molar-refractivity contribution is -0.384. The highest BCUT2D eigenvalue weighted by Crippen LogP contribution is 2.19. The molecule has 1 N–H and O–H groups in total. The van der Waals surface area contributed by atoms with Gasteiger partial charge >= 0.3 is 5.97 Å². The number of nitro benzene ring substituents is 1. The Bertz CT molecular complexity index is 572. The number of hydrogen-bond donors (Lipinski definition) is 1. The van der Waals surface area contributed by atoms with Crippen molar-refractivity contribution in [2.24, 2.45) is 5.92 Å². The maximum absolute atomic E-state index is 11.8. The second-order valence-corrected chi connectivity index (χ2v) is 4.99. The van der Waals surface area contributed by atoms with E-state index in [1.54, 1.807) is 17.0 Å². The SMILES string of the molecule is COC(=O)C1CC(=O)N(CCNc2ccc([N+](=O)[O-])cc2)C1. The monoisotopic (exact) mass is 307 g/mol. The first-order valence-electron chi connectivity index (χ1n) is 6.85. The summed E-state index contributed by atoms with van der Waals surface area (Å²) < 4.78 is 4.65. The maximum atomic E-state index is 11.8. The predicted molar refractivity (Wildman–Crippen MR) is 78.3 cm³/mol. The molecule has 1 aliphatic rings. The molecule has 8 nitrogen and oxygen atoms in total. The molecule has 1 fully saturated rings. The molecule has 1 saturated heterocycles. The molecule has 1 amide bonds. The van der Waals surface area contributed by atoms with Gasteiger partial charge in [-0.3, -0.25) is 19.7 Å².